The number of hydrogen-bond donors (Lipinski definition) is 2. The molecule has 2 heterocycles. The van der Waals surface area contributed by atoms with Gasteiger partial charge in [0.2, 0.25) is 0 Å². The van der Waals surface area contributed by atoms with Crippen LogP contribution in [0.4, 0.5) is 17.1 Å². The maximum Gasteiger partial charge on any atom is 0.258 e. The summed E-state index contributed by atoms with van der Waals surface area (Å²) in [5, 5.41) is 2.98. The molecule has 0 spiro atoms. The minimum atomic E-state index is -0.193. The van der Waals surface area contributed by atoms with E-state index in [4.69, 9.17) is 5.73 Å². The number of nitrogens with one attached hydrogen (secondary N) is 1. The molecule has 6 nitrogen and oxygen atoms in total. The van der Waals surface area contributed by atoms with Crippen LogP contribution in [0, 0.1) is 0 Å². The Morgan fingerprint density at radius 2 is 1.43 bits per heavy atom. The molecule has 2 aliphatic rings. The van der Waals surface area contributed by atoms with Crippen molar-refractivity contribution in [2.45, 2.75) is 18.5 Å². The first kappa shape index (κ1) is 23.0. The molecule has 3 N–H and O–H groups in total. The molecular formula is C31H28N4O2. The summed E-state index contributed by atoms with van der Waals surface area (Å²) in [7, 11) is 0. The molecule has 0 aliphatic carbocycles. The highest BCUT2D eigenvalue weighted by Gasteiger charge is 2.39. The third-order valence-corrected chi connectivity index (χ3v) is 7.21. The van der Waals surface area contributed by atoms with E-state index < -0.39 is 0 Å². The average Bonchev–Trinajstić information content (AvgIpc) is 3.33. The Kier molecular flexibility index (Phi) is 5.94. The average molecular weight is 489 g/mol. The summed E-state index contributed by atoms with van der Waals surface area (Å²) in [5.74, 6) is -0.249. The topological polar surface area (TPSA) is 78.7 Å². The first-order valence-corrected chi connectivity index (χ1v) is 12.6. The number of nitrogens with zero attached hydrogens (tertiary/aromatic N) is 2. The van der Waals surface area contributed by atoms with Gasteiger partial charge in [-0.05, 0) is 60.0 Å². The largest absolute Gasteiger partial charge is 0.363 e. The van der Waals surface area contributed by atoms with E-state index in [-0.39, 0.29) is 23.9 Å². The van der Waals surface area contributed by atoms with Crippen molar-refractivity contribution in [2.24, 2.45) is 5.73 Å². The van der Waals surface area contributed by atoms with Crippen molar-refractivity contribution in [3.05, 3.63) is 114 Å². The molecule has 2 aliphatic heterocycles. The van der Waals surface area contributed by atoms with Crippen LogP contribution in [0.15, 0.2) is 103 Å². The molecule has 2 amide bonds. The van der Waals surface area contributed by atoms with Gasteiger partial charge in [-0.3, -0.25) is 9.59 Å². The molecule has 0 saturated carbocycles. The summed E-state index contributed by atoms with van der Waals surface area (Å²) >= 11 is 0. The number of carbonyl (C=O) groups excluding carboxylic acids is 2. The van der Waals surface area contributed by atoms with Crippen LogP contribution in [0.5, 0.6) is 0 Å². The number of nitrogens with two attached hydrogens (primary N) is 1. The SMILES string of the molecule is NC1C[C@H]2CN(C(=O)c3ccc(NC(=O)c4ccccc4-c4ccccc4)cc3)c3ccccc3N2C1. The molecule has 0 aromatic heterocycles. The second-order valence-electron chi connectivity index (χ2n) is 9.65. The maximum atomic E-state index is 13.6. The minimum Gasteiger partial charge on any atom is -0.363 e. The molecule has 1 saturated heterocycles. The van der Waals surface area contributed by atoms with Gasteiger partial charge in [-0.25, -0.2) is 0 Å². The van der Waals surface area contributed by atoms with Crippen molar-refractivity contribution in [1.29, 1.82) is 0 Å². The smallest absolute Gasteiger partial charge is 0.258 e. The zero-order valence-electron chi connectivity index (χ0n) is 20.4. The molecule has 6 heteroatoms. The van der Waals surface area contributed by atoms with Crippen LogP contribution >= 0.6 is 0 Å². The highest BCUT2D eigenvalue weighted by Crippen LogP contribution is 2.39. The van der Waals surface area contributed by atoms with Crippen molar-refractivity contribution in [3.8, 4) is 11.1 Å². The van der Waals surface area contributed by atoms with E-state index in [9.17, 15) is 9.59 Å². The molecule has 0 bridgehead atoms. The fourth-order valence-corrected chi connectivity index (χ4v) is 5.46. The van der Waals surface area contributed by atoms with Gasteiger partial charge in [0.25, 0.3) is 11.8 Å². The van der Waals surface area contributed by atoms with Crippen molar-refractivity contribution in [3.63, 3.8) is 0 Å². The van der Waals surface area contributed by atoms with E-state index in [1.807, 2.05) is 77.7 Å². The van der Waals surface area contributed by atoms with Crippen LogP contribution in [-0.2, 0) is 0 Å². The third kappa shape index (κ3) is 4.36. The van der Waals surface area contributed by atoms with Gasteiger partial charge in [-0.15, -0.1) is 0 Å². The predicted octanol–water partition coefficient (Wildman–Crippen LogP) is 5.17. The molecule has 4 aromatic rings. The van der Waals surface area contributed by atoms with Gasteiger partial charge < -0.3 is 20.9 Å². The summed E-state index contributed by atoms with van der Waals surface area (Å²) < 4.78 is 0. The molecule has 1 unspecified atom stereocenters. The van der Waals surface area contributed by atoms with E-state index in [1.165, 1.54) is 0 Å². The first-order chi connectivity index (χ1) is 18.1. The zero-order chi connectivity index (χ0) is 25.4. The number of rotatable bonds is 4. The predicted molar refractivity (Wildman–Crippen MR) is 148 cm³/mol. The Hall–Kier alpha value is -4.42. The van der Waals surface area contributed by atoms with Crippen LogP contribution in [0.1, 0.15) is 27.1 Å². The highest BCUT2D eigenvalue weighted by molar-refractivity contribution is 6.10. The standard InChI is InChI=1S/C31H28N4O2/c32-23-18-25-20-35(29-13-7-6-12-28(29)34(25)19-23)31(37)22-14-16-24(17-15-22)33-30(36)27-11-5-4-10-26(27)21-8-2-1-3-9-21/h1-17,23,25H,18-20,32H2,(H,33,36)/t23?,25-/m0/s1. The number of anilines is 3. The maximum absolute atomic E-state index is 13.6. The Bertz CT molecular complexity index is 1450. The van der Waals surface area contributed by atoms with Crippen molar-refractivity contribution < 1.29 is 9.59 Å². The number of fused-ring (bicyclic) bond motifs is 3. The van der Waals surface area contributed by atoms with Gasteiger partial charge in [0.1, 0.15) is 0 Å². The van der Waals surface area contributed by atoms with Crippen LogP contribution in [0.2, 0.25) is 0 Å². The molecule has 2 atom stereocenters. The summed E-state index contributed by atoms with van der Waals surface area (Å²) in [6.07, 6.45) is 0.869. The molecule has 1 fully saturated rings. The lowest BCUT2D eigenvalue weighted by Gasteiger charge is -2.40. The second kappa shape index (κ2) is 9.56. The van der Waals surface area contributed by atoms with E-state index in [2.05, 4.69) is 16.3 Å². The first-order valence-electron chi connectivity index (χ1n) is 12.6. The normalized spacial score (nSPS) is 18.2. The van der Waals surface area contributed by atoms with Crippen molar-refractivity contribution >= 4 is 28.9 Å². The third-order valence-electron chi connectivity index (χ3n) is 7.21. The van der Waals surface area contributed by atoms with Gasteiger partial charge in [0.05, 0.1) is 11.4 Å². The summed E-state index contributed by atoms with van der Waals surface area (Å²) in [6, 6.07) is 32.9. The molecule has 6 rings (SSSR count). The van der Waals surface area contributed by atoms with Crippen molar-refractivity contribution in [2.75, 3.05) is 28.2 Å². The van der Waals surface area contributed by atoms with Gasteiger partial charge in [0, 0.05) is 42.0 Å². The van der Waals surface area contributed by atoms with E-state index >= 15 is 0 Å². The van der Waals surface area contributed by atoms with E-state index in [0.29, 0.717) is 23.4 Å². The lowest BCUT2D eigenvalue weighted by Crippen LogP contribution is -2.48. The van der Waals surface area contributed by atoms with Crippen LogP contribution < -0.4 is 20.9 Å². The zero-order valence-corrected chi connectivity index (χ0v) is 20.4. The molecule has 37 heavy (non-hydrogen) atoms. The number of para-hydroxylation sites is 2. The Balaban J connectivity index is 1.21. The quantitative estimate of drug-likeness (QED) is 0.415. The fraction of sp³-hybridized carbons (Fsp3) is 0.161. The number of benzene rings is 4. The lowest BCUT2D eigenvalue weighted by atomic mass is 9.99. The van der Waals surface area contributed by atoms with Crippen LogP contribution in [-0.4, -0.2) is 37.0 Å². The minimum absolute atomic E-state index is 0.0557. The lowest BCUT2D eigenvalue weighted by molar-refractivity contribution is 0.0983. The van der Waals surface area contributed by atoms with Gasteiger partial charge in [0.15, 0.2) is 0 Å². The Morgan fingerprint density at radius 3 is 2.22 bits per heavy atom. The Morgan fingerprint density at radius 1 is 0.757 bits per heavy atom. The van der Waals surface area contributed by atoms with Crippen molar-refractivity contribution in [1.82, 2.24) is 0 Å². The fourth-order valence-electron chi connectivity index (χ4n) is 5.46. The van der Waals surface area contributed by atoms with E-state index in [0.717, 1.165) is 35.5 Å². The number of carbonyl (C=O) groups is 2. The molecule has 0 radical (unpaired) electrons. The van der Waals surface area contributed by atoms with Crippen LogP contribution in [0.25, 0.3) is 11.1 Å². The summed E-state index contributed by atoms with van der Waals surface area (Å²) in [5.41, 5.74) is 11.9. The second-order valence-corrected chi connectivity index (χ2v) is 9.65. The number of amides is 2. The summed E-state index contributed by atoms with van der Waals surface area (Å²) in [4.78, 5) is 30.9. The van der Waals surface area contributed by atoms with Gasteiger partial charge in [-0.1, -0.05) is 60.7 Å². The number of hydrogen-bond acceptors (Lipinski definition) is 4. The monoisotopic (exact) mass is 488 g/mol. The molecular weight excluding hydrogens is 460 g/mol. The highest BCUT2D eigenvalue weighted by atomic mass is 16.2. The van der Waals surface area contributed by atoms with Gasteiger partial charge >= 0.3 is 0 Å². The van der Waals surface area contributed by atoms with Gasteiger partial charge in [-0.2, -0.15) is 0 Å². The summed E-state index contributed by atoms with van der Waals surface area (Å²) in [6.45, 7) is 1.42. The molecule has 4 aromatic carbocycles. The van der Waals surface area contributed by atoms with Crippen LogP contribution in [0.3, 0.4) is 0 Å². The Labute approximate surface area is 216 Å². The molecule has 184 valence electrons. The van der Waals surface area contributed by atoms with E-state index in [1.54, 1.807) is 24.3 Å².